The monoisotopic (exact) mass is 224 g/mol. The molecule has 0 spiro atoms. The van der Waals surface area contributed by atoms with Crippen LogP contribution in [0.4, 0.5) is 0 Å². The Morgan fingerprint density at radius 2 is 2.00 bits per heavy atom. The van der Waals surface area contributed by atoms with Crippen LogP contribution in [0.3, 0.4) is 0 Å². The van der Waals surface area contributed by atoms with Gasteiger partial charge >= 0.3 is 0 Å². The standard InChI is InChI=1S/C12H20N2O2/c1-12(6-3-2-4-7-12)10(15)9-5-8-14(13)11(9)16/h9H,2-8,13H2,1H3/t9-/m0/s1. The minimum Gasteiger partial charge on any atom is -0.298 e. The first kappa shape index (κ1) is 11.6. The van der Waals surface area contributed by atoms with E-state index in [9.17, 15) is 9.59 Å². The number of Topliss-reactive ketones (excluding diaryl/α,β-unsaturated/α-hetero) is 1. The third kappa shape index (κ3) is 1.86. The van der Waals surface area contributed by atoms with Crippen LogP contribution in [-0.2, 0) is 9.59 Å². The van der Waals surface area contributed by atoms with Crippen molar-refractivity contribution in [2.75, 3.05) is 6.54 Å². The molecule has 0 radical (unpaired) electrons. The molecule has 1 aliphatic heterocycles. The normalized spacial score (nSPS) is 29.5. The van der Waals surface area contributed by atoms with E-state index in [1.807, 2.05) is 6.92 Å². The van der Waals surface area contributed by atoms with Crippen molar-refractivity contribution in [1.29, 1.82) is 0 Å². The second-order valence-electron chi connectivity index (χ2n) is 5.36. The predicted octanol–water partition coefficient (Wildman–Crippen LogP) is 1.25. The highest BCUT2D eigenvalue weighted by Crippen LogP contribution is 2.40. The van der Waals surface area contributed by atoms with Crippen molar-refractivity contribution < 1.29 is 9.59 Å². The highest BCUT2D eigenvalue weighted by molar-refractivity contribution is 6.04. The van der Waals surface area contributed by atoms with Crippen molar-refractivity contribution >= 4 is 11.7 Å². The van der Waals surface area contributed by atoms with Gasteiger partial charge < -0.3 is 0 Å². The van der Waals surface area contributed by atoms with E-state index in [0.717, 1.165) is 25.7 Å². The summed E-state index contributed by atoms with van der Waals surface area (Å²) < 4.78 is 0. The van der Waals surface area contributed by atoms with Gasteiger partial charge in [-0.1, -0.05) is 26.2 Å². The summed E-state index contributed by atoms with van der Waals surface area (Å²) in [6, 6.07) is 0. The van der Waals surface area contributed by atoms with E-state index in [4.69, 9.17) is 5.84 Å². The van der Waals surface area contributed by atoms with E-state index in [-0.39, 0.29) is 17.1 Å². The van der Waals surface area contributed by atoms with E-state index < -0.39 is 5.92 Å². The molecule has 4 nitrogen and oxygen atoms in total. The van der Waals surface area contributed by atoms with Crippen molar-refractivity contribution in [1.82, 2.24) is 5.01 Å². The Bertz CT molecular complexity index is 308. The minimum atomic E-state index is -0.465. The number of carbonyl (C=O) groups is 2. The summed E-state index contributed by atoms with van der Waals surface area (Å²) in [6.07, 6.45) is 5.89. The third-order valence-corrected chi connectivity index (χ3v) is 4.11. The molecule has 0 aromatic rings. The average molecular weight is 224 g/mol. The number of nitrogens with zero attached hydrogens (tertiary/aromatic N) is 1. The number of ketones is 1. The molecule has 90 valence electrons. The van der Waals surface area contributed by atoms with Crippen LogP contribution in [-0.4, -0.2) is 23.2 Å². The zero-order valence-electron chi connectivity index (χ0n) is 9.87. The van der Waals surface area contributed by atoms with Crippen molar-refractivity contribution in [3.05, 3.63) is 0 Å². The van der Waals surface area contributed by atoms with E-state index in [0.29, 0.717) is 13.0 Å². The Hall–Kier alpha value is -0.900. The maximum Gasteiger partial charge on any atom is 0.247 e. The molecule has 4 heteroatoms. The molecule has 16 heavy (non-hydrogen) atoms. The summed E-state index contributed by atoms with van der Waals surface area (Å²) in [4.78, 5) is 24.1. The van der Waals surface area contributed by atoms with Crippen molar-refractivity contribution in [2.45, 2.75) is 45.4 Å². The number of hydrogen-bond acceptors (Lipinski definition) is 3. The summed E-state index contributed by atoms with van der Waals surface area (Å²) in [6.45, 7) is 2.53. The fourth-order valence-corrected chi connectivity index (χ4v) is 2.94. The lowest BCUT2D eigenvalue weighted by Crippen LogP contribution is -2.41. The van der Waals surface area contributed by atoms with Crippen molar-refractivity contribution in [3.8, 4) is 0 Å². The summed E-state index contributed by atoms with van der Waals surface area (Å²) in [5.74, 6) is 4.99. The van der Waals surface area contributed by atoms with Crippen LogP contribution in [0.1, 0.15) is 45.4 Å². The number of carbonyl (C=O) groups excluding carboxylic acids is 2. The molecule has 0 unspecified atom stereocenters. The van der Waals surface area contributed by atoms with E-state index in [2.05, 4.69) is 0 Å². The molecular weight excluding hydrogens is 204 g/mol. The van der Waals surface area contributed by atoms with E-state index in [1.54, 1.807) is 0 Å². The van der Waals surface area contributed by atoms with Crippen LogP contribution in [0, 0.1) is 11.3 Å². The van der Waals surface area contributed by atoms with Gasteiger partial charge in [-0.25, -0.2) is 5.84 Å². The summed E-state index contributed by atoms with van der Waals surface area (Å²) in [5.41, 5.74) is -0.274. The molecule has 1 atom stereocenters. The van der Waals surface area contributed by atoms with Gasteiger partial charge in [-0.05, 0) is 19.3 Å². The predicted molar refractivity (Wildman–Crippen MR) is 60.2 cm³/mol. The second-order valence-corrected chi connectivity index (χ2v) is 5.36. The van der Waals surface area contributed by atoms with E-state index >= 15 is 0 Å². The lowest BCUT2D eigenvalue weighted by molar-refractivity contribution is -0.142. The third-order valence-electron chi connectivity index (χ3n) is 4.11. The van der Waals surface area contributed by atoms with Crippen LogP contribution >= 0.6 is 0 Å². The smallest absolute Gasteiger partial charge is 0.247 e. The highest BCUT2D eigenvalue weighted by Gasteiger charge is 2.44. The van der Waals surface area contributed by atoms with Crippen LogP contribution in [0.25, 0.3) is 0 Å². The minimum absolute atomic E-state index is 0.130. The first-order valence-electron chi connectivity index (χ1n) is 6.15. The Morgan fingerprint density at radius 1 is 1.38 bits per heavy atom. The van der Waals surface area contributed by atoms with Gasteiger partial charge in [0.1, 0.15) is 5.92 Å². The van der Waals surface area contributed by atoms with Gasteiger partial charge in [-0.3, -0.25) is 14.6 Å². The fraction of sp³-hybridized carbons (Fsp3) is 0.833. The molecule has 2 N–H and O–H groups in total. The number of nitrogens with two attached hydrogens (primary N) is 1. The SMILES string of the molecule is CC1(C(=O)[C@@H]2CCN(N)C2=O)CCCCC1. The summed E-state index contributed by atoms with van der Waals surface area (Å²) in [5, 5.41) is 1.19. The fourth-order valence-electron chi connectivity index (χ4n) is 2.94. The van der Waals surface area contributed by atoms with Crippen LogP contribution in [0.5, 0.6) is 0 Å². The van der Waals surface area contributed by atoms with E-state index in [1.165, 1.54) is 11.4 Å². The lowest BCUT2D eigenvalue weighted by atomic mass is 9.69. The first-order valence-corrected chi connectivity index (χ1v) is 6.15. The van der Waals surface area contributed by atoms with Crippen LogP contribution in [0.15, 0.2) is 0 Å². The highest BCUT2D eigenvalue weighted by atomic mass is 16.2. The van der Waals surface area contributed by atoms with Crippen LogP contribution < -0.4 is 5.84 Å². The van der Waals surface area contributed by atoms with Gasteiger partial charge in [0, 0.05) is 12.0 Å². The molecule has 0 aromatic carbocycles. The first-order chi connectivity index (χ1) is 7.54. The molecule has 0 aromatic heterocycles. The topological polar surface area (TPSA) is 63.4 Å². The summed E-state index contributed by atoms with van der Waals surface area (Å²) in [7, 11) is 0. The Morgan fingerprint density at radius 3 is 2.50 bits per heavy atom. The maximum atomic E-state index is 12.4. The van der Waals surface area contributed by atoms with Gasteiger partial charge in [0.15, 0.2) is 5.78 Å². The lowest BCUT2D eigenvalue weighted by Gasteiger charge is -2.33. The summed E-state index contributed by atoms with van der Waals surface area (Å²) >= 11 is 0. The molecule has 1 heterocycles. The number of rotatable bonds is 2. The molecule has 1 amide bonds. The second kappa shape index (κ2) is 4.17. The number of hydrazine groups is 1. The maximum absolute atomic E-state index is 12.4. The molecular formula is C12H20N2O2. The van der Waals surface area contributed by atoms with Gasteiger partial charge in [0.25, 0.3) is 0 Å². The molecule has 0 bridgehead atoms. The molecule has 2 aliphatic rings. The molecule has 2 fully saturated rings. The Balaban J connectivity index is 2.09. The van der Waals surface area contributed by atoms with Gasteiger partial charge in [-0.2, -0.15) is 0 Å². The average Bonchev–Trinajstić information content (AvgIpc) is 2.60. The zero-order valence-corrected chi connectivity index (χ0v) is 9.87. The molecule has 1 saturated carbocycles. The quantitative estimate of drug-likeness (QED) is 0.436. The van der Waals surface area contributed by atoms with Crippen LogP contribution in [0.2, 0.25) is 0 Å². The largest absolute Gasteiger partial charge is 0.298 e. The molecule has 1 saturated heterocycles. The molecule has 1 aliphatic carbocycles. The molecule has 2 rings (SSSR count). The van der Waals surface area contributed by atoms with Gasteiger partial charge in [0.2, 0.25) is 5.91 Å². The number of amides is 1. The van der Waals surface area contributed by atoms with Crippen molar-refractivity contribution in [3.63, 3.8) is 0 Å². The Labute approximate surface area is 96.1 Å². The van der Waals surface area contributed by atoms with Gasteiger partial charge in [0.05, 0.1) is 0 Å². The number of hydrogen-bond donors (Lipinski definition) is 1. The Kier molecular flexibility index (Phi) is 3.02. The zero-order chi connectivity index (χ0) is 11.8. The van der Waals surface area contributed by atoms with Crippen molar-refractivity contribution in [2.24, 2.45) is 17.2 Å². The van der Waals surface area contributed by atoms with Gasteiger partial charge in [-0.15, -0.1) is 0 Å².